The molecule has 1 aromatic carbocycles. The van der Waals surface area contributed by atoms with E-state index < -0.39 is 17.6 Å². The lowest BCUT2D eigenvalue weighted by molar-refractivity contribution is 0.0595. The minimum Gasteiger partial charge on any atom is -0.497 e. The maximum atomic E-state index is 13.6. The van der Waals surface area contributed by atoms with Gasteiger partial charge in [-0.2, -0.15) is 0 Å². The second-order valence-electron chi connectivity index (χ2n) is 4.39. The summed E-state index contributed by atoms with van der Waals surface area (Å²) in [6.45, 7) is 0.369. The molecular formula is C14H15F2NO3. The van der Waals surface area contributed by atoms with Crippen molar-refractivity contribution in [1.29, 1.82) is 0 Å². The monoisotopic (exact) mass is 283 g/mol. The standard InChI is InChI=1S/C14H15F2NO3/c1-19-14(18)10-6-13(12(16)7-11(10)15)17-8-9-4-2-3-5-20-9/h3,5-7,9,17H,2,4,8H2,1H3. The van der Waals surface area contributed by atoms with Crippen LogP contribution in [0.3, 0.4) is 0 Å². The number of benzene rings is 1. The predicted octanol–water partition coefficient (Wildman–Crippen LogP) is 2.86. The fraction of sp³-hybridized carbons (Fsp3) is 0.357. The number of hydrogen-bond donors (Lipinski definition) is 1. The first-order valence-corrected chi connectivity index (χ1v) is 6.23. The fourth-order valence-electron chi connectivity index (χ4n) is 1.91. The second kappa shape index (κ2) is 6.36. The van der Waals surface area contributed by atoms with Crippen LogP contribution in [-0.2, 0) is 9.47 Å². The van der Waals surface area contributed by atoms with Crippen LogP contribution in [0.15, 0.2) is 24.5 Å². The molecule has 4 nitrogen and oxygen atoms in total. The van der Waals surface area contributed by atoms with Gasteiger partial charge in [0.2, 0.25) is 0 Å². The van der Waals surface area contributed by atoms with Crippen molar-refractivity contribution in [3.05, 3.63) is 41.7 Å². The van der Waals surface area contributed by atoms with E-state index in [9.17, 15) is 13.6 Å². The Labute approximate surface area is 115 Å². The number of esters is 1. The number of anilines is 1. The molecule has 0 amide bonds. The highest BCUT2D eigenvalue weighted by molar-refractivity contribution is 5.90. The maximum absolute atomic E-state index is 13.6. The van der Waals surface area contributed by atoms with Gasteiger partial charge in [0, 0.05) is 6.07 Å². The normalized spacial score (nSPS) is 17.4. The number of carbonyl (C=O) groups is 1. The summed E-state index contributed by atoms with van der Waals surface area (Å²) >= 11 is 0. The Hall–Kier alpha value is -2.11. The van der Waals surface area contributed by atoms with Crippen LogP contribution in [0, 0.1) is 11.6 Å². The van der Waals surface area contributed by atoms with Crippen molar-refractivity contribution in [1.82, 2.24) is 0 Å². The summed E-state index contributed by atoms with van der Waals surface area (Å²) in [5.41, 5.74) is -0.259. The van der Waals surface area contributed by atoms with E-state index in [1.54, 1.807) is 6.26 Å². The lowest BCUT2D eigenvalue weighted by atomic mass is 10.1. The molecule has 2 rings (SSSR count). The summed E-state index contributed by atoms with van der Waals surface area (Å²) in [5, 5.41) is 2.82. The van der Waals surface area contributed by atoms with Gasteiger partial charge in [-0.3, -0.25) is 0 Å². The lowest BCUT2D eigenvalue weighted by Crippen LogP contribution is -2.23. The highest BCUT2D eigenvalue weighted by Gasteiger charge is 2.18. The summed E-state index contributed by atoms with van der Waals surface area (Å²) in [6, 6.07) is 1.77. The van der Waals surface area contributed by atoms with Crippen molar-refractivity contribution in [3.8, 4) is 0 Å². The number of halogens is 2. The van der Waals surface area contributed by atoms with Crippen molar-refractivity contribution in [2.75, 3.05) is 19.0 Å². The van der Waals surface area contributed by atoms with Gasteiger partial charge in [0.15, 0.2) is 0 Å². The largest absolute Gasteiger partial charge is 0.497 e. The molecule has 1 N–H and O–H groups in total. The Morgan fingerprint density at radius 3 is 2.90 bits per heavy atom. The number of carbonyl (C=O) groups excluding carboxylic acids is 1. The van der Waals surface area contributed by atoms with Gasteiger partial charge in [-0.15, -0.1) is 0 Å². The SMILES string of the molecule is COC(=O)c1cc(NCC2CCC=CO2)c(F)cc1F. The van der Waals surface area contributed by atoms with Crippen LogP contribution in [-0.4, -0.2) is 25.7 Å². The van der Waals surface area contributed by atoms with Crippen molar-refractivity contribution < 1.29 is 23.0 Å². The van der Waals surface area contributed by atoms with Gasteiger partial charge >= 0.3 is 5.97 Å². The molecule has 0 saturated carbocycles. The maximum Gasteiger partial charge on any atom is 0.340 e. The quantitative estimate of drug-likeness (QED) is 0.863. The first-order chi connectivity index (χ1) is 9.61. The summed E-state index contributed by atoms with van der Waals surface area (Å²) < 4.78 is 36.9. The zero-order valence-corrected chi connectivity index (χ0v) is 11.0. The van der Waals surface area contributed by atoms with Crippen molar-refractivity contribution >= 4 is 11.7 Å². The molecule has 0 aliphatic carbocycles. The summed E-state index contributed by atoms with van der Waals surface area (Å²) in [6.07, 6.45) is 5.15. The fourth-order valence-corrected chi connectivity index (χ4v) is 1.91. The van der Waals surface area contributed by atoms with E-state index in [-0.39, 0.29) is 17.4 Å². The number of nitrogens with one attached hydrogen (secondary N) is 1. The highest BCUT2D eigenvalue weighted by atomic mass is 19.1. The molecule has 1 aliphatic heterocycles. The van der Waals surface area contributed by atoms with Crippen molar-refractivity contribution in [2.24, 2.45) is 0 Å². The first kappa shape index (κ1) is 14.3. The predicted molar refractivity (Wildman–Crippen MR) is 69.4 cm³/mol. The van der Waals surface area contributed by atoms with Gasteiger partial charge in [-0.25, -0.2) is 13.6 Å². The van der Waals surface area contributed by atoms with Crippen LogP contribution in [0.5, 0.6) is 0 Å². The van der Waals surface area contributed by atoms with Crippen LogP contribution in [0.1, 0.15) is 23.2 Å². The number of hydrogen-bond acceptors (Lipinski definition) is 4. The van der Waals surface area contributed by atoms with E-state index in [2.05, 4.69) is 10.1 Å². The first-order valence-electron chi connectivity index (χ1n) is 6.23. The molecule has 0 saturated heterocycles. The average Bonchev–Trinajstić information content (AvgIpc) is 2.46. The molecule has 0 fully saturated rings. The number of methoxy groups -OCH3 is 1. The van der Waals surface area contributed by atoms with Gasteiger partial charge in [0.05, 0.1) is 31.2 Å². The summed E-state index contributed by atoms with van der Waals surface area (Å²) in [4.78, 5) is 11.4. The average molecular weight is 283 g/mol. The van der Waals surface area contributed by atoms with Crippen LogP contribution in [0.4, 0.5) is 14.5 Å². The van der Waals surface area contributed by atoms with Crippen molar-refractivity contribution in [3.63, 3.8) is 0 Å². The molecule has 1 unspecified atom stereocenters. The van der Waals surface area contributed by atoms with Gasteiger partial charge in [-0.1, -0.05) is 0 Å². The van der Waals surface area contributed by atoms with E-state index in [0.717, 1.165) is 26.0 Å². The second-order valence-corrected chi connectivity index (χ2v) is 4.39. The van der Waals surface area contributed by atoms with Crippen LogP contribution < -0.4 is 5.32 Å². The molecule has 1 atom stereocenters. The zero-order chi connectivity index (χ0) is 14.5. The minimum absolute atomic E-state index is 0.0463. The lowest BCUT2D eigenvalue weighted by Gasteiger charge is -2.20. The van der Waals surface area contributed by atoms with E-state index in [1.807, 2.05) is 6.08 Å². The van der Waals surface area contributed by atoms with Crippen LogP contribution in [0.25, 0.3) is 0 Å². The van der Waals surface area contributed by atoms with Crippen LogP contribution >= 0.6 is 0 Å². The van der Waals surface area contributed by atoms with Gasteiger partial charge in [0.1, 0.15) is 17.7 Å². The zero-order valence-electron chi connectivity index (χ0n) is 11.0. The molecule has 0 aromatic heterocycles. The Morgan fingerprint density at radius 1 is 1.45 bits per heavy atom. The van der Waals surface area contributed by atoms with Gasteiger partial charge in [0.25, 0.3) is 0 Å². The van der Waals surface area contributed by atoms with E-state index >= 15 is 0 Å². The van der Waals surface area contributed by atoms with Gasteiger partial charge in [-0.05, 0) is 25.0 Å². The third-order valence-electron chi connectivity index (χ3n) is 3.00. The summed E-state index contributed by atoms with van der Waals surface area (Å²) in [5.74, 6) is -2.55. The highest BCUT2D eigenvalue weighted by Crippen LogP contribution is 2.21. The molecule has 108 valence electrons. The third-order valence-corrected chi connectivity index (χ3v) is 3.00. The molecule has 20 heavy (non-hydrogen) atoms. The van der Waals surface area contributed by atoms with E-state index in [0.29, 0.717) is 12.6 Å². The molecule has 0 radical (unpaired) electrons. The summed E-state index contributed by atoms with van der Waals surface area (Å²) in [7, 11) is 1.14. The Morgan fingerprint density at radius 2 is 2.25 bits per heavy atom. The van der Waals surface area contributed by atoms with Gasteiger partial charge < -0.3 is 14.8 Å². The third kappa shape index (κ3) is 3.26. The topological polar surface area (TPSA) is 47.6 Å². The minimum atomic E-state index is -0.947. The van der Waals surface area contributed by atoms with Crippen LogP contribution in [0.2, 0.25) is 0 Å². The van der Waals surface area contributed by atoms with Crippen molar-refractivity contribution in [2.45, 2.75) is 18.9 Å². The number of rotatable bonds is 4. The molecular weight excluding hydrogens is 268 g/mol. The Balaban J connectivity index is 2.10. The molecule has 0 spiro atoms. The number of allylic oxidation sites excluding steroid dienone is 1. The molecule has 1 aromatic rings. The molecule has 1 aliphatic rings. The van der Waals surface area contributed by atoms with E-state index in [4.69, 9.17) is 4.74 Å². The number of ether oxygens (including phenoxy) is 2. The van der Waals surface area contributed by atoms with E-state index in [1.165, 1.54) is 0 Å². The molecule has 6 heteroatoms. The Kier molecular flexibility index (Phi) is 4.55. The Bertz CT molecular complexity index is 531. The molecule has 0 bridgehead atoms. The smallest absolute Gasteiger partial charge is 0.340 e. The molecule has 1 heterocycles.